The lowest BCUT2D eigenvalue weighted by Crippen LogP contribution is -2.44. The van der Waals surface area contributed by atoms with Crippen LogP contribution in [-0.4, -0.2) is 31.6 Å². The minimum absolute atomic E-state index is 0.0200. The van der Waals surface area contributed by atoms with Gasteiger partial charge in [-0.3, -0.25) is 5.41 Å². The first kappa shape index (κ1) is 14.0. The van der Waals surface area contributed by atoms with Gasteiger partial charge < -0.3 is 5.73 Å². The van der Waals surface area contributed by atoms with Crippen molar-refractivity contribution in [3.05, 3.63) is 30.1 Å². The van der Waals surface area contributed by atoms with Crippen LogP contribution in [0.25, 0.3) is 0 Å². The predicted molar refractivity (Wildman–Crippen MR) is 69.8 cm³/mol. The Labute approximate surface area is 111 Å². The number of nitrogens with two attached hydrogens (primary N) is 1. The molecule has 0 aromatic heterocycles. The van der Waals surface area contributed by atoms with E-state index in [0.717, 1.165) is 6.07 Å². The summed E-state index contributed by atoms with van der Waals surface area (Å²) in [6, 6.07) is 5.31. The molecule has 7 heteroatoms. The van der Waals surface area contributed by atoms with Crippen molar-refractivity contribution in [3.63, 3.8) is 0 Å². The summed E-state index contributed by atoms with van der Waals surface area (Å²) in [5.74, 6) is -1.06. The van der Waals surface area contributed by atoms with Gasteiger partial charge in [-0.15, -0.1) is 0 Å². The maximum absolute atomic E-state index is 13.6. The van der Waals surface area contributed by atoms with Gasteiger partial charge >= 0.3 is 0 Å². The maximum Gasteiger partial charge on any atom is 0.246 e. The van der Waals surface area contributed by atoms with Gasteiger partial charge in [0.05, 0.1) is 5.84 Å². The molecule has 0 spiro atoms. The number of rotatable bonds is 3. The molecule has 0 amide bonds. The van der Waals surface area contributed by atoms with E-state index in [2.05, 4.69) is 0 Å². The van der Waals surface area contributed by atoms with E-state index in [1.807, 2.05) is 0 Å². The monoisotopic (exact) mass is 285 g/mol. The van der Waals surface area contributed by atoms with Crippen molar-refractivity contribution in [1.82, 2.24) is 4.31 Å². The van der Waals surface area contributed by atoms with Gasteiger partial charge in [0.25, 0.3) is 0 Å². The van der Waals surface area contributed by atoms with Crippen molar-refractivity contribution in [2.24, 2.45) is 11.7 Å². The van der Waals surface area contributed by atoms with Crippen molar-refractivity contribution in [3.8, 4) is 0 Å². The van der Waals surface area contributed by atoms with Gasteiger partial charge in [0.2, 0.25) is 10.0 Å². The molecule has 0 bridgehead atoms. The summed E-state index contributed by atoms with van der Waals surface area (Å²) < 4.78 is 39.5. The molecule has 1 fully saturated rings. The summed E-state index contributed by atoms with van der Waals surface area (Å²) >= 11 is 0. The van der Waals surface area contributed by atoms with Gasteiger partial charge in [-0.1, -0.05) is 12.1 Å². The van der Waals surface area contributed by atoms with Gasteiger partial charge in [0.1, 0.15) is 10.7 Å². The Morgan fingerprint density at radius 2 is 2.11 bits per heavy atom. The third-order valence-electron chi connectivity index (χ3n) is 3.28. The number of hydrogen-bond acceptors (Lipinski definition) is 3. The lowest BCUT2D eigenvalue weighted by molar-refractivity contribution is 0.309. The van der Waals surface area contributed by atoms with Gasteiger partial charge in [0.15, 0.2) is 0 Å². The van der Waals surface area contributed by atoms with E-state index in [-0.39, 0.29) is 23.2 Å². The lowest BCUT2D eigenvalue weighted by atomic mass is 9.99. The summed E-state index contributed by atoms with van der Waals surface area (Å²) in [4.78, 5) is -0.320. The van der Waals surface area contributed by atoms with Crippen LogP contribution < -0.4 is 5.73 Å². The molecule has 5 nitrogen and oxygen atoms in total. The fourth-order valence-electron chi connectivity index (χ4n) is 2.21. The third kappa shape index (κ3) is 2.76. The second-order valence-corrected chi connectivity index (χ2v) is 6.49. The van der Waals surface area contributed by atoms with Gasteiger partial charge in [-0.05, 0) is 25.0 Å². The van der Waals surface area contributed by atoms with Crippen molar-refractivity contribution in [2.75, 3.05) is 13.1 Å². The number of benzene rings is 1. The summed E-state index contributed by atoms with van der Waals surface area (Å²) in [7, 11) is -3.85. The zero-order chi connectivity index (χ0) is 14.0. The Morgan fingerprint density at radius 3 is 2.74 bits per heavy atom. The van der Waals surface area contributed by atoms with Crippen LogP contribution in [0, 0.1) is 17.1 Å². The number of hydrogen-bond donors (Lipinski definition) is 2. The quantitative estimate of drug-likeness (QED) is 0.645. The Kier molecular flexibility index (Phi) is 3.86. The molecule has 2 rings (SSSR count). The van der Waals surface area contributed by atoms with E-state index in [1.165, 1.54) is 22.5 Å². The van der Waals surface area contributed by atoms with Crippen LogP contribution >= 0.6 is 0 Å². The average Bonchev–Trinajstić information content (AvgIpc) is 2.39. The largest absolute Gasteiger partial charge is 0.387 e. The van der Waals surface area contributed by atoms with E-state index in [1.54, 1.807) is 0 Å². The first-order valence-corrected chi connectivity index (χ1v) is 7.45. The summed E-state index contributed by atoms with van der Waals surface area (Å²) in [5.41, 5.74) is 5.43. The minimum atomic E-state index is -3.85. The first-order chi connectivity index (χ1) is 8.93. The lowest BCUT2D eigenvalue weighted by Gasteiger charge is -2.31. The normalized spacial score (nSPS) is 21.2. The summed E-state index contributed by atoms with van der Waals surface area (Å²) in [6.45, 7) is 0.479. The van der Waals surface area contributed by atoms with Crippen molar-refractivity contribution >= 4 is 15.9 Å². The number of nitrogens with zero attached hydrogens (tertiary/aromatic N) is 1. The molecule has 0 saturated carbocycles. The molecule has 1 aliphatic rings. The molecule has 1 heterocycles. The molecule has 1 saturated heterocycles. The number of piperidine rings is 1. The van der Waals surface area contributed by atoms with E-state index >= 15 is 0 Å². The van der Waals surface area contributed by atoms with Gasteiger partial charge in [-0.2, -0.15) is 4.31 Å². The average molecular weight is 285 g/mol. The standard InChI is InChI=1S/C12H16FN3O2S/c13-10-5-1-2-6-11(10)19(17,18)16-7-3-4-9(8-16)12(14)15/h1-2,5-6,9H,3-4,7-8H2,(H3,14,15). The fraction of sp³-hybridized carbons (Fsp3) is 0.417. The number of sulfonamides is 1. The van der Waals surface area contributed by atoms with E-state index in [0.29, 0.717) is 19.4 Å². The van der Waals surface area contributed by atoms with Crippen molar-refractivity contribution < 1.29 is 12.8 Å². The zero-order valence-corrected chi connectivity index (χ0v) is 11.2. The van der Waals surface area contributed by atoms with Crippen LogP contribution in [0.15, 0.2) is 29.2 Å². The Bertz CT molecular complexity index is 588. The molecular weight excluding hydrogens is 269 g/mol. The summed E-state index contributed by atoms with van der Waals surface area (Å²) in [5, 5.41) is 7.41. The molecule has 1 unspecified atom stereocenters. The van der Waals surface area contributed by atoms with E-state index < -0.39 is 15.8 Å². The molecule has 1 aromatic carbocycles. The molecule has 1 aliphatic heterocycles. The fourth-order valence-corrected chi connectivity index (χ4v) is 3.80. The Hall–Kier alpha value is -1.47. The van der Waals surface area contributed by atoms with Crippen LogP contribution in [0.3, 0.4) is 0 Å². The predicted octanol–water partition coefficient (Wildman–Crippen LogP) is 1.16. The Morgan fingerprint density at radius 1 is 1.42 bits per heavy atom. The highest BCUT2D eigenvalue weighted by molar-refractivity contribution is 7.89. The zero-order valence-electron chi connectivity index (χ0n) is 10.3. The number of halogens is 1. The van der Waals surface area contributed by atoms with Gasteiger partial charge in [-0.25, -0.2) is 12.8 Å². The first-order valence-electron chi connectivity index (χ1n) is 6.01. The van der Waals surface area contributed by atoms with Crippen LogP contribution in [0.4, 0.5) is 4.39 Å². The van der Waals surface area contributed by atoms with Crippen molar-refractivity contribution in [1.29, 1.82) is 5.41 Å². The second kappa shape index (κ2) is 5.26. The maximum atomic E-state index is 13.6. The number of nitrogens with one attached hydrogen (secondary N) is 1. The molecule has 104 valence electrons. The van der Waals surface area contributed by atoms with Crippen LogP contribution in [0.2, 0.25) is 0 Å². The summed E-state index contributed by atoms with van der Waals surface area (Å²) in [6.07, 6.45) is 1.32. The molecule has 0 radical (unpaired) electrons. The second-order valence-electron chi connectivity index (χ2n) is 4.59. The molecular formula is C12H16FN3O2S. The van der Waals surface area contributed by atoms with E-state index in [4.69, 9.17) is 11.1 Å². The molecule has 0 aliphatic carbocycles. The highest BCUT2D eigenvalue weighted by Gasteiger charge is 2.32. The van der Waals surface area contributed by atoms with Crippen LogP contribution in [0.5, 0.6) is 0 Å². The SMILES string of the molecule is N=C(N)C1CCCN(S(=O)(=O)c2ccccc2F)C1. The van der Waals surface area contributed by atoms with Gasteiger partial charge in [0, 0.05) is 19.0 Å². The Balaban J connectivity index is 2.30. The smallest absolute Gasteiger partial charge is 0.246 e. The van der Waals surface area contributed by atoms with E-state index in [9.17, 15) is 12.8 Å². The van der Waals surface area contributed by atoms with Crippen LogP contribution in [-0.2, 0) is 10.0 Å². The molecule has 19 heavy (non-hydrogen) atoms. The third-order valence-corrected chi connectivity index (χ3v) is 5.18. The number of amidine groups is 1. The molecule has 3 N–H and O–H groups in total. The minimum Gasteiger partial charge on any atom is -0.387 e. The highest BCUT2D eigenvalue weighted by Crippen LogP contribution is 2.25. The molecule has 1 aromatic rings. The topological polar surface area (TPSA) is 87.2 Å². The highest BCUT2D eigenvalue weighted by atomic mass is 32.2. The molecule has 1 atom stereocenters. The van der Waals surface area contributed by atoms with Crippen LogP contribution in [0.1, 0.15) is 12.8 Å². The van der Waals surface area contributed by atoms with Crippen molar-refractivity contribution in [2.45, 2.75) is 17.7 Å².